The van der Waals surface area contributed by atoms with Crippen molar-refractivity contribution >= 4 is 12.0 Å². The molecule has 2 aliphatic rings. The molecule has 1 unspecified atom stereocenters. The molecule has 0 bridgehead atoms. The van der Waals surface area contributed by atoms with Crippen molar-refractivity contribution in [2.45, 2.75) is 37.8 Å². The zero-order valence-electron chi connectivity index (χ0n) is 13.0. The Morgan fingerprint density at radius 2 is 2.13 bits per heavy atom. The summed E-state index contributed by atoms with van der Waals surface area (Å²) in [4.78, 5) is 37.1. The maximum atomic E-state index is 12.4. The predicted molar refractivity (Wildman–Crippen MR) is 83.0 cm³/mol. The van der Waals surface area contributed by atoms with Crippen molar-refractivity contribution < 1.29 is 14.3 Å². The molecule has 0 aromatic carbocycles. The minimum absolute atomic E-state index is 0.0371. The number of rotatable bonds is 3. The maximum absolute atomic E-state index is 12.4. The first kappa shape index (κ1) is 15.6. The molecule has 2 amide bonds. The van der Waals surface area contributed by atoms with Gasteiger partial charge in [-0.15, -0.1) is 0 Å². The highest BCUT2D eigenvalue weighted by Gasteiger charge is 2.41. The zero-order chi connectivity index (χ0) is 16.3. The Morgan fingerprint density at radius 3 is 2.87 bits per heavy atom. The fourth-order valence-corrected chi connectivity index (χ4v) is 3.22. The number of aryl methyl sites for hydroxylation is 1. The van der Waals surface area contributed by atoms with Crippen LogP contribution in [0, 0.1) is 0 Å². The van der Waals surface area contributed by atoms with E-state index in [4.69, 9.17) is 4.74 Å². The summed E-state index contributed by atoms with van der Waals surface area (Å²) in [5.74, 6) is 0.0371. The van der Waals surface area contributed by atoms with Gasteiger partial charge in [-0.05, 0) is 18.9 Å². The third-order valence-corrected chi connectivity index (χ3v) is 4.58. The first-order chi connectivity index (χ1) is 11.1. The van der Waals surface area contributed by atoms with E-state index in [9.17, 15) is 14.4 Å². The molecule has 0 saturated carbocycles. The highest BCUT2D eigenvalue weighted by atomic mass is 16.6. The van der Waals surface area contributed by atoms with Crippen LogP contribution in [0.25, 0.3) is 0 Å². The van der Waals surface area contributed by atoms with Crippen molar-refractivity contribution in [1.29, 1.82) is 0 Å². The van der Waals surface area contributed by atoms with Crippen LogP contribution in [0.4, 0.5) is 4.79 Å². The van der Waals surface area contributed by atoms with Crippen LogP contribution in [0.3, 0.4) is 0 Å². The molecule has 7 nitrogen and oxygen atoms in total. The van der Waals surface area contributed by atoms with Gasteiger partial charge in [0.25, 0.3) is 5.56 Å². The molecule has 3 heterocycles. The Bertz CT molecular complexity index is 657. The van der Waals surface area contributed by atoms with Gasteiger partial charge in [-0.3, -0.25) is 9.59 Å². The summed E-state index contributed by atoms with van der Waals surface area (Å²) in [6.07, 6.45) is 3.86. The van der Waals surface area contributed by atoms with Gasteiger partial charge in [0.05, 0.1) is 6.54 Å². The van der Waals surface area contributed by atoms with Gasteiger partial charge in [0.15, 0.2) is 0 Å². The van der Waals surface area contributed by atoms with Crippen LogP contribution >= 0.6 is 0 Å². The molecule has 3 rings (SSSR count). The number of likely N-dealkylation sites (tertiary alicyclic amines) is 1. The number of nitrogens with zero attached hydrogens (tertiary/aromatic N) is 2. The van der Waals surface area contributed by atoms with Crippen molar-refractivity contribution in [1.82, 2.24) is 14.8 Å². The van der Waals surface area contributed by atoms with Crippen LogP contribution in [0.5, 0.6) is 0 Å². The second-order valence-corrected chi connectivity index (χ2v) is 6.14. The lowest BCUT2D eigenvalue weighted by atomic mass is 9.95. The number of hydrogen-bond acceptors (Lipinski definition) is 4. The molecule has 1 atom stereocenters. The molecular weight excluding hydrogens is 298 g/mol. The van der Waals surface area contributed by atoms with E-state index in [1.807, 2.05) is 4.90 Å². The standard InChI is InChI=1S/C16H21N3O4/c20-13-4-1-2-8-18(13)10-5-14(21)19-9-3-6-16(7-11-19)12-17-15(22)23-16/h1-2,4,8H,3,5-7,9-12H2,(H,17,22). The molecule has 1 aromatic heterocycles. The second kappa shape index (κ2) is 6.44. The van der Waals surface area contributed by atoms with E-state index >= 15 is 0 Å². The van der Waals surface area contributed by atoms with E-state index in [2.05, 4.69) is 5.32 Å². The minimum atomic E-state index is -0.456. The largest absolute Gasteiger partial charge is 0.441 e. The van der Waals surface area contributed by atoms with Gasteiger partial charge in [0.2, 0.25) is 5.91 Å². The van der Waals surface area contributed by atoms with Crippen LogP contribution in [-0.4, -0.2) is 46.7 Å². The van der Waals surface area contributed by atoms with Crippen LogP contribution < -0.4 is 10.9 Å². The van der Waals surface area contributed by atoms with Gasteiger partial charge >= 0.3 is 6.09 Å². The molecule has 2 saturated heterocycles. The number of carbonyl (C=O) groups excluding carboxylic acids is 2. The molecule has 2 aliphatic heterocycles. The third-order valence-electron chi connectivity index (χ3n) is 4.58. The van der Waals surface area contributed by atoms with Gasteiger partial charge in [-0.25, -0.2) is 4.79 Å². The predicted octanol–water partition coefficient (Wildman–Crippen LogP) is 0.729. The van der Waals surface area contributed by atoms with Gasteiger partial charge in [-0.2, -0.15) is 0 Å². The molecule has 7 heteroatoms. The zero-order valence-corrected chi connectivity index (χ0v) is 13.0. The first-order valence-corrected chi connectivity index (χ1v) is 7.98. The van der Waals surface area contributed by atoms with E-state index < -0.39 is 5.60 Å². The highest BCUT2D eigenvalue weighted by Crippen LogP contribution is 2.29. The SMILES string of the molecule is O=C1NCC2(CCCN(C(=O)CCn3ccccc3=O)CC2)O1. The monoisotopic (exact) mass is 319 g/mol. The van der Waals surface area contributed by atoms with E-state index in [1.165, 1.54) is 6.07 Å². The Morgan fingerprint density at radius 1 is 1.26 bits per heavy atom. The summed E-state index contributed by atoms with van der Waals surface area (Å²) in [5.41, 5.74) is -0.554. The van der Waals surface area contributed by atoms with E-state index in [-0.39, 0.29) is 17.6 Å². The second-order valence-electron chi connectivity index (χ2n) is 6.14. The number of alkyl carbamates (subject to hydrolysis) is 1. The molecular formula is C16H21N3O4. The average Bonchev–Trinajstić information content (AvgIpc) is 2.78. The summed E-state index contributed by atoms with van der Waals surface area (Å²) >= 11 is 0. The number of pyridine rings is 1. The molecule has 0 aliphatic carbocycles. The van der Waals surface area contributed by atoms with E-state index in [0.29, 0.717) is 39.0 Å². The molecule has 2 fully saturated rings. The number of ether oxygens (including phenoxy) is 1. The number of nitrogens with one attached hydrogen (secondary N) is 1. The van der Waals surface area contributed by atoms with E-state index in [0.717, 1.165) is 12.8 Å². The van der Waals surface area contributed by atoms with Crippen LogP contribution in [0.1, 0.15) is 25.7 Å². The Kier molecular flexibility index (Phi) is 4.36. The summed E-state index contributed by atoms with van der Waals surface area (Å²) < 4.78 is 6.95. The molecule has 124 valence electrons. The normalized spacial score (nSPS) is 24.2. The number of amides is 2. The Hall–Kier alpha value is -2.31. The van der Waals surface area contributed by atoms with Crippen molar-refractivity contribution in [3.05, 3.63) is 34.7 Å². The fraction of sp³-hybridized carbons (Fsp3) is 0.562. The van der Waals surface area contributed by atoms with Crippen molar-refractivity contribution in [3.63, 3.8) is 0 Å². The van der Waals surface area contributed by atoms with Crippen molar-refractivity contribution in [3.8, 4) is 0 Å². The van der Waals surface area contributed by atoms with E-state index in [1.54, 1.807) is 22.9 Å². The number of hydrogen-bond donors (Lipinski definition) is 1. The first-order valence-electron chi connectivity index (χ1n) is 7.98. The molecule has 1 spiro atoms. The van der Waals surface area contributed by atoms with Gasteiger partial charge in [0.1, 0.15) is 5.60 Å². The summed E-state index contributed by atoms with van der Waals surface area (Å²) in [6.45, 7) is 2.16. The summed E-state index contributed by atoms with van der Waals surface area (Å²) in [7, 11) is 0. The Labute approximate surface area is 134 Å². The van der Waals surface area contributed by atoms with Crippen LogP contribution in [0.15, 0.2) is 29.2 Å². The van der Waals surface area contributed by atoms with Gasteiger partial charge in [-0.1, -0.05) is 6.07 Å². The summed E-state index contributed by atoms with van der Waals surface area (Å²) in [5, 5.41) is 2.70. The van der Waals surface area contributed by atoms with Crippen LogP contribution in [0.2, 0.25) is 0 Å². The van der Waals surface area contributed by atoms with Crippen molar-refractivity contribution in [2.24, 2.45) is 0 Å². The fourth-order valence-electron chi connectivity index (χ4n) is 3.22. The number of carbonyl (C=O) groups is 2. The third kappa shape index (κ3) is 3.55. The lowest BCUT2D eigenvalue weighted by molar-refractivity contribution is -0.131. The topological polar surface area (TPSA) is 80.6 Å². The maximum Gasteiger partial charge on any atom is 0.407 e. The lowest BCUT2D eigenvalue weighted by Crippen LogP contribution is -2.37. The minimum Gasteiger partial charge on any atom is -0.441 e. The lowest BCUT2D eigenvalue weighted by Gasteiger charge is -2.25. The Balaban J connectivity index is 1.55. The molecule has 0 radical (unpaired) electrons. The van der Waals surface area contributed by atoms with Gasteiger partial charge in [0, 0.05) is 44.7 Å². The smallest absolute Gasteiger partial charge is 0.407 e. The summed E-state index contributed by atoms with van der Waals surface area (Å²) in [6, 6.07) is 4.95. The highest BCUT2D eigenvalue weighted by molar-refractivity contribution is 5.76. The van der Waals surface area contributed by atoms with Crippen LogP contribution in [-0.2, 0) is 16.1 Å². The molecule has 1 N–H and O–H groups in total. The van der Waals surface area contributed by atoms with Gasteiger partial charge < -0.3 is 19.5 Å². The van der Waals surface area contributed by atoms with Crippen molar-refractivity contribution in [2.75, 3.05) is 19.6 Å². The molecule has 1 aromatic rings. The number of aromatic nitrogens is 1. The quantitative estimate of drug-likeness (QED) is 0.890. The molecule has 23 heavy (non-hydrogen) atoms. The average molecular weight is 319 g/mol.